The first-order chi connectivity index (χ1) is 18.3. The predicted octanol–water partition coefficient (Wildman–Crippen LogP) is 6.98. The molecule has 1 unspecified atom stereocenters. The lowest BCUT2D eigenvalue weighted by atomic mass is 9.73. The van der Waals surface area contributed by atoms with Gasteiger partial charge in [-0.05, 0) is 85.8 Å². The van der Waals surface area contributed by atoms with Crippen LogP contribution in [0.5, 0.6) is 5.75 Å². The van der Waals surface area contributed by atoms with Crippen LogP contribution in [0.2, 0.25) is 5.02 Å². The number of hydrogen-bond acceptors (Lipinski definition) is 5. The Morgan fingerprint density at radius 1 is 1.13 bits per heavy atom. The Labute approximate surface area is 226 Å². The molecule has 0 radical (unpaired) electrons. The fourth-order valence-corrected chi connectivity index (χ4v) is 5.60. The molecule has 5 nitrogen and oxygen atoms in total. The molecule has 0 aromatic heterocycles. The van der Waals surface area contributed by atoms with Gasteiger partial charge in [-0.15, -0.1) is 0 Å². The van der Waals surface area contributed by atoms with Gasteiger partial charge in [-0.3, -0.25) is 9.69 Å². The van der Waals surface area contributed by atoms with Crippen molar-refractivity contribution in [2.45, 2.75) is 45.6 Å². The Bertz CT molecular complexity index is 1540. The third-order valence-corrected chi connectivity index (χ3v) is 7.43. The number of aryl methyl sites for hydroxylation is 1. The van der Waals surface area contributed by atoms with E-state index in [9.17, 15) is 14.4 Å². The van der Waals surface area contributed by atoms with E-state index < -0.39 is 5.92 Å². The van der Waals surface area contributed by atoms with Gasteiger partial charge in [0.1, 0.15) is 24.0 Å². The normalized spacial score (nSPS) is 17.4. The lowest BCUT2D eigenvalue weighted by molar-refractivity contribution is -0.116. The fourth-order valence-electron chi connectivity index (χ4n) is 5.41. The maximum Gasteiger partial charge on any atom is 0.161 e. The average Bonchev–Trinajstić information content (AvgIpc) is 2.89. The molecular formula is C31H27ClFN3O2. The standard InChI is InChI=1S/C31H27ClFN3O2/c1-18-13-20(17-38-24-11-9-22(33)10-12-24)19(2)25(14-18)29-26(16-34)31(35)36(23-6-3-5-21(32)15-23)27-7-4-8-28(37)30(27)29/h3,5-6,9-15,29H,4,7-8,17,35H2,1-2H3. The highest BCUT2D eigenvalue weighted by atomic mass is 35.5. The van der Waals surface area contributed by atoms with Gasteiger partial charge in [0.25, 0.3) is 0 Å². The highest BCUT2D eigenvalue weighted by Gasteiger charge is 2.41. The molecule has 1 atom stereocenters. The smallest absolute Gasteiger partial charge is 0.161 e. The van der Waals surface area contributed by atoms with E-state index in [1.165, 1.54) is 12.1 Å². The van der Waals surface area contributed by atoms with Crippen LogP contribution in [-0.2, 0) is 11.4 Å². The van der Waals surface area contributed by atoms with Gasteiger partial charge in [0.05, 0.1) is 17.6 Å². The number of rotatable bonds is 5. The number of carbonyl (C=O) groups is 1. The Morgan fingerprint density at radius 2 is 1.89 bits per heavy atom. The van der Waals surface area contributed by atoms with Gasteiger partial charge < -0.3 is 10.5 Å². The Hall–Kier alpha value is -4.08. The summed E-state index contributed by atoms with van der Waals surface area (Å²) in [6.07, 6.45) is 1.79. The number of carbonyl (C=O) groups excluding carboxylic acids is 1. The second kappa shape index (κ2) is 10.4. The summed E-state index contributed by atoms with van der Waals surface area (Å²) >= 11 is 6.29. The third-order valence-electron chi connectivity index (χ3n) is 7.20. The van der Waals surface area contributed by atoms with E-state index in [0.717, 1.165) is 33.6 Å². The molecule has 0 saturated carbocycles. The van der Waals surface area contributed by atoms with E-state index in [-0.39, 0.29) is 18.2 Å². The first kappa shape index (κ1) is 25.6. The SMILES string of the molecule is Cc1cc(COc2ccc(F)cc2)c(C)c(C2C(C#N)=C(N)N(c3cccc(Cl)c3)C3=C2C(=O)CCC3)c1. The van der Waals surface area contributed by atoms with Gasteiger partial charge >= 0.3 is 0 Å². The zero-order valence-corrected chi connectivity index (χ0v) is 22.0. The van der Waals surface area contributed by atoms with Gasteiger partial charge in [-0.2, -0.15) is 5.26 Å². The zero-order valence-electron chi connectivity index (χ0n) is 21.2. The monoisotopic (exact) mass is 527 g/mol. The van der Waals surface area contributed by atoms with Crippen molar-refractivity contribution in [3.05, 3.63) is 116 Å². The zero-order chi connectivity index (χ0) is 27.0. The molecule has 2 aliphatic rings. The number of allylic oxidation sites excluding steroid dienone is 3. The maximum atomic E-state index is 13.5. The summed E-state index contributed by atoms with van der Waals surface area (Å²) in [6.45, 7) is 4.21. The Morgan fingerprint density at radius 3 is 2.61 bits per heavy atom. The second-order valence-electron chi connectivity index (χ2n) is 9.68. The van der Waals surface area contributed by atoms with Crippen LogP contribution in [0.25, 0.3) is 0 Å². The molecule has 0 amide bonds. The van der Waals surface area contributed by atoms with Gasteiger partial charge in [-0.1, -0.05) is 35.4 Å². The third kappa shape index (κ3) is 4.66. The van der Waals surface area contributed by atoms with Crippen LogP contribution in [0.1, 0.15) is 47.4 Å². The molecule has 2 N–H and O–H groups in total. The van der Waals surface area contributed by atoms with Crippen molar-refractivity contribution < 1.29 is 13.9 Å². The molecule has 38 heavy (non-hydrogen) atoms. The summed E-state index contributed by atoms with van der Waals surface area (Å²) in [5.74, 6) is -0.0300. The Kier molecular flexibility index (Phi) is 6.96. The number of nitrogens with two attached hydrogens (primary N) is 1. The van der Waals surface area contributed by atoms with Crippen LogP contribution in [0, 0.1) is 31.0 Å². The topological polar surface area (TPSA) is 79.3 Å². The van der Waals surface area contributed by atoms with Crippen molar-refractivity contribution in [1.82, 2.24) is 0 Å². The molecule has 1 aliphatic carbocycles. The lowest BCUT2D eigenvalue weighted by Gasteiger charge is -2.40. The van der Waals surface area contributed by atoms with E-state index in [4.69, 9.17) is 22.1 Å². The molecule has 0 fully saturated rings. The first-order valence-corrected chi connectivity index (χ1v) is 12.9. The summed E-state index contributed by atoms with van der Waals surface area (Å²) in [4.78, 5) is 15.3. The first-order valence-electron chi connectivity index (χ1n) is 12.5. The fraction of sp³-hybridized carbons (Fsp3) is 0.226. The number of hydrogen-bond donors (Lipinski definition) is 1. The number of anilines is 1. The van der Waals surface area contributed by atoms with E-state index in [0.29, 0.717) is 47.0 Å². The highest BCUT2D eigenvalue weighted by molar-refractivity contribution is 6.30. The molecule has 0 spiro atoms. The van der Waals surface area contributed by atoms with Crippen LogP contribution < -0.4 is 15.4 Å². The summed E-state index contributed by atoms with van der Waals surface area (Å²) < 4.78 is 19.3. The molecule has 5 rings (SSSR count). The van der Waals surface area contributed by atoms with Crippen molar-refractivity contribution in [1.29, 1.82) is 5.26 Å². The van der Waals surface area contributed by atoms with Crippen molar-refractivity contribution in [2.24, 2.45) is 5.73 Å². The summed E-state index contributed by atoms with van der Waals surface area (Å²) in [7, 11) is 0. The molecule has 0 bridgehead atoms. The van der Waals surface area contributed by atoms with Crippen molar-refractivity contribution in [2.75, 3.05) is 4.90 Å². The van der Waals surface area contributed by atoms with Crippen LogP contribution >= 0.6 is 11.6 Å². The number of benzene rings is 3. The predicted molar refractivity (Wildman–Crippen MR) is 146 cm³/mol. The molecule has 3 aromatic rings. The highest BCUT2D eigenvalue weighted by Crippen LogP contribution is 2.47. The molecular weight excluding hydrogens is 501 g/mol. The number of nitrogens with zero attached hydrogens (tertiary/aromatic N) is 2. The molecule has 1 aliphatic heterocycles. The number of halogens is 2. The minimum absolute atomic E-state index is 0.0218. The molecule has 7 heteroatoms. The number of nitriles is 1. The number of ketones is 1. The van der Waals surface area contributed by atoms with Gasteiger partial charge in [0, 0.05) is 28.4 Å². The van der Waals surface area contributed by atoms with E-state index in [1.807, 2.05) is 43.0 Å². The molecule has 0 saturated heterocycles. The van der Waals surface area contributed by atoms with Crippen LogP contribution in [0.15, 0.2) is 83.3 Å². The van der Waals surface area contributed by atoms with Crippen molar-refractivity contribution in [3.63, 3.8) is 0 Å². The summed E-state index contributed by atoms with van der Waals surface area (Å²) in [6, 6.07) is 19.5. The summed E-state index contributed by atoms with van der Waals surface area (Å²) in [5, 5.41) is 10.9. The maximum absolute atomic E-state index is 13.5. The average molecular weight is 528 g/mol. The van der Waals surface area contributed by atoms with Gasteiger partial charge in [0.2, 0.25) is 0 Å². The van der Waals surface area contributed by atoms with Crippen LogP contribution in [0.3, 0.4) is 0 Å². The van der Waals surface area contributed by atoms with Crippen molar-refractivity contribution in [3.8, 4) is 11.8 Å². The molecule has 1 heterocycles. The second-order valence-corrected chi connectivity index (χ2v) is 10.1. The number of Topliss-reactive ketones (excluding diaryl/α,β-unsaturated/α-hetero) is 1. The van der Waals surface area contributed by atoms with E-state index in [1.54, 1.807) is 24.3 Å². The Balaban J connectivity index is 1.63. The summed E-state index contributed by atoms with van der Waals surface area (Å²) in [5.41, 5.74) is 12.9. The quantitative estimate of drug-likeness (QED) is 0.387. The van der Waals surface area contributed by atoms with E-state index in [2.05, 4.69) is 6.07 Å². The molecule has 192 valence electrons. The minimum Gasteiger partial charge on any atom is -0.489 e. The van der Waals surface area contributed by atoms with E-state index >= 15 is 0 Å². The lowest BCUT2D eigenvalue weighted by Crippen LogP contribution is -2.39. The largest absolute Gasteiger partial charge is 0.489 e. The van der Waals surface area contributed by atoms with Crippen LogP contribution in [-0.4, -0.2) is 5.78 Å². The van der Waals surface area contributed by atoms with Crippen molar-refractivity contribution >= 4 is 23.1 Å². The minimum atomic E-state index is -0.581. The number of ether oxygens (including phenoxy) is 1. The van der Waals surface area contributed by atoms with Gasteiger partial charge in [-0.25, -0.2) is 4.39 Å². The molecule has 3 aromatic carbocycles. The van der Waals surface area contributed by atoms with Crippen LogP contribution in [0.4, 0.5) is 10.1 Å². The van der Waals surface area contributed by atoms with Gasteiger partial charge in [0.15, 0.2) is 5.78 Å².